The molecule has 0 unspecified atom stereocenters. The summed E-state index contributed by atoms with van der Waals surface area (Å²) in [5.41, 5.74) is 1.68. The molecule has 1 aromatic carbocycles. The minimum atomic E-state index is -0.173. The molecule has 1 rings (SSSR count). The number of aliphatic imine (C=N–C) groups is 1. The fourth-order valence-electron chi connectivity index (χ4n) is 1.87. The second kappa shape index (κ2) is 9.13. The van der Waals surface area contributed by atoms with Gasteiger partial charge in [-0.2, -0.15) is 0 Å². The molecule has 0 saturated heterocycles. The lowest BCUT2D eigenvalue weighted by Crippen LogP contribution is -2.37. The van der Waals surface area contributed by atoms with Gasteiger partial charge in [0.05, 0.1) is 6.54 Å². The van der Waals surface area contributed by atoms with Gasteiger partial charge in [-0.3, -0.25) is 0 Å². The van der Waals surface area contributed by atoms with E-state index in [0.717, 1.165) is 18.1 Å². The first-order valence-electron chi connectivity index (χ1n) is 7.12. The van der Waals surface area contributed by atoms with Crippen LogP contribution in [0.1, 0.15) is 18.1 Å². The number of hydrogen-bond acceptors (Lipinski definition) is 2. The van der Waals surface area contributed by atoms with Crippen LogP contribution in [-0.4, -0.2) is 38.0 Å². The van der Waals surface area contributed by atoms with E-state index in [2.05, 4.69) is 22.2 Å². The molecule has 0 aliphatic carbocycles. The fourth-order valence-corrected chi connectivity index (χ4v) is 1.87. The SMILES string of the molecule is C=CCNC(=NCc1ccc(F)c(CN(C)C)c1)NCC. The van der Waals surface area contributed by atoms with Gasteiger partial charge >= 0.3 is 0 Å². The maximum atomic E-state index is 13.7. The zero-order valence-corrected chi connectivity index (χ0v) is 13.1. The average Bonchev–Trinajstić information content (AvgIpc) is 2.44. The smallest absolute Gasteiger partial charge is 0.191 e. The number of nitrogens with one attached hydrogen (secondary N) is 2. The van der Waals surface area contributed by atoms with Crippen molar-refractivity contribution in [3.63, 3.8) is 0 Å². The maximum absolute atomic E-state index is 13.7. The molecule has 21 heavy (non-hydrogen) atoms. The molecule has 0 fully saturated rings. The van der Waals surface area contributed by atoms with Gasteiger partial charge in [0.1, 0.15) is 5.82 Å². The number of guanidine groups is 1. The summed E-state index contributed by atoms with van der Waals surface area (Å²) in [6, 6.07) is 5.15. The second-order valence-corrected chi connectivity index (χ2v) is 5.03. The Hall–Kier alpha value is -1.88. The van der Waals surface area contributed by atoms with Gasteiger partial charge < -0.3 is 15.5 Å². The van der Waals surface area contributed by atoms with Crippen LogP contribution in [0, 0.1) is 5.82 Å². The minimum Gasteiger partial charge on any atom is -0.357 e. The first-order valence-corrected chi connectivity index (χ1v) is 7.12. The van der Waals surface area contributed by atoms with Crippen LogP contribution in [0.3, 0.4) is 0 Å². The lowest BCUT2D eigenvalue weighted by atomic mass is 10.1. The first kappa shape index (κ1) is 17.2. The first-order chi connectivity index (χ1) is 10.1. The molecule has 0 aromatic heterocycles. The number of halogens is 1. The van der Waals surface area contributed by atoms with E-state index in [1.54, 1.807) is 12.1 Å². The minimum absolute atomic E-state index is 0.173. The zero-order chi connectivity index (χ0) is 15.7. The molecule has 0 spiro atoms. The molecule has 4 nitrogen and oxygen atoms in total. The topological polar surface area (TPSA) is 39.7 Å². The van der Waals surface area contributed by atoms with Gasteiger partial charge in [-0.15, -0.1) is 6.58 Å². The predicted molar refractivity (Wildman–Crippen MR) is 86.8 cm³/mol. The van der Waals surface area contributed by atoms with Crippen LogP contribution in [0.2, 0.25) is 0 Å². The van der Waals surface area contributed by atoms with Crippen molar-refractivity contribution in [3.05, 3.63) is 47.8 Å². The van der Waals surface area contributed by atoms with E-state index in [-0.39, 0.29) is 5.82 Å². The van der Waals surface area contributed by atoms with E-state index in [1.807, 2.05) is 32.0 Å². The highest BCUT2D eigenvalue weighted by molar-refractivity contribution is 5.79. The van der Waals surface area contributed by atoms with Crippen molar-refractivity contribution < 1.29 is 4.39 Å². The highest BCUT2D eigenvalue weighted by Gasteiger charge is 2.05. The third-order valence-electron chi connectivity index (χ3n) is 2.77. The monoisotopic (exact) mass is 292 g/mol. The Morgan fingerprint density at radius 2 is 2.14 bits per heavy atom. The zero-order valence-electron chi connectivity index (χ0n) is 13.1. The van der Waals surface area contributed by atoms with Crippen LogP contribution in [-0.2, 0) is 13.1 Å². The lowest BCUT2D eigenvalue weighted by Gasteiger charge is -2.12. The van der Waals surface area contributed by atoms with Crippen LogP contribution in [0.25, 0.3) is 0 Å². The van der Waals surface area contributed by atoms with E-state index < -0.39 is 0 Å². The van der Waals surface area contributed by atoms with Gasteiger partial charge in [-0.25, -0.2) is 9.38 Å². The summed E-state index contributed by atoms with van der Waals surface area (Å²) in [6.45, 7) is 8.21. The van der Waals surface area contributed by atoms with Crippen LogP contribution in [0.4, 0.5) is 4.39 Å². The Labute approximate surface area is 126 Å². The molecule has 0 radical (unpaired) electrons. The molecule has 1 aromatic rings. The van der Waals surface area contributed by atoms with E-state index in [9.17, 15) is 4.39 Å². The molecule has 0 bridgehead atoms. The summed E-state index contributed by atoms with van der Waals surface area (Å²) in [5, 5.41) is 6.29. The molecular formula is C16H25FN4. The van der Waals surface area contributed by atoms with Crippen molar-refractivity contribution in [2.24, 2.45) is 4.99 Å². The Kier molecular flexibility index (Phi) is 7.46. The van der Waals surface area contributed by atoms with Crippen molar-refractivity contribution in [2.45, 2.75) is 20.0 Å². The summed E-state index contributed by atoms with van der Waals surface area (Å²) >= 11 is 0. The number of hydrogen-bond donors (Lipinski definition) is 2. The second-order valence-electron chi connectivity index (χ2n) is 5.03. The summed E-state index contributed by atoms with van der Waals surface area (Å²) in [4.78, 5) is 6.43. The predicted octanol–water partition coefficient (Wildman–Crippen LogP) is 2.13. The van der Waals surface area contributed by atoms with E-state index in [4.69, 9.17) is 0 Å². The summed E-state index contributed by atoms with van der Waals surface area (Å²) in [6.07, 6.45) is 1.78. The molecule has 0 atom stereocenters. The van der Waals surface area contributed by atoms with Crippen LogP contribution < -0.4 is 10.6 Å². The van der Waals surface area contributed by atoms with Gasteiger partial charge in [-0.1, -0.05) is 12.1 Å². The summed E-state index contributed by atoms with van der Waals surface area (Å²) < 4.78 is 13.7. The summed E-state index contributed by atoms with van der Waals surface area (Å²) in [7, 11) is 3.85. The van der Waals surface area contributed by atoms with Crippen molar-refractivity contribution in [2.75, 3.05) is 27.2 Å². The van der Waals surface area contributed by atoms with Crippen molar-refractivity contribution in [1.82, 2.24) is 15.5 Å². The van der Waals surface area contributed by atoms with E-state index in [1.165, 1.54) is 6.07 Å². The van der Waals surface area contributed by atoms with E-state index in [0.29, 0.717) is 25.2 Å². The van der Waals surface area contributed by atoms with Gasteiger partial charge in [0.25, 0.3) is 0 Å². The van der Waals surface area contributed by atoms with Gasteiger partial charge in [0, 0.05) is 25.2 Å². The Morgan fingerprint density at radius 1 is 1.38 bits per heavy atom. The van der Waals surface area contributed by atoms with Crippen molar-refractivity contribution in [1.29, 1.82) is 0 Å². The highest BCUT2D eigenvalue weighted by Crippen LogP contribution is 2.13. The quantitative estimate of drug-likeness (QED) is 0.459. The third kappa shape index (κ3) is 6.40. The Morgan fingerprint density at radius 3 is 2.76 bits per heavy atom. The van der Waals surface area contributed by atoms with Crippen molar-refractivity contribution >= 4 is 5.96 Å². The summed E-state index contributed by atoms with van der Waals surface area (Å²) in [5.74, 6) is 0.559. The molecule has 116 valence electrons. The van der Waals surface area contributed by atoms with Gasteiger partial charge in [0.2, 0.25) is 0 Å². The molecule has 0 aliphatic heterocycles. The molecule has 0 saturated carbocycles. The number of benzene rings is 1. The Balaban J connectivity index is 2.78. The van der Waals surface area contributed by atoms with Crippen LogP contribution >= 0.6 is 0 Å². The lowest BCUT2D eigenvalue weighted by molar-refractivity contribution is 0.392. The van der Waals surface area contributed by atoms with Crippen molar-refractivity contribution in [3.8, 4) is 0 Å². The Bertz CT molecular complexity index is 483. The molecule has 5 heteroatoms. The average molecular weight is 292 g/mol. The largest absolute Gasteiger partial charge is 0.357 e. The van der Waals surface area contributed by atoms with Gasteiger partial charge in [-0.05, 0) is 38.7 Å². The molecule has 2 N–H and O–H groups in total. The fraction of sp³-hybridized carbons (Fsp3) is 0.438. The van der Waals surface area contributed by atoms with E-state index >= 15 is 0 Å². The molecule has 0 amide bonds. The van der Waals surface area contributed by atoms with Gasteiger partial charge in [0.15, 0.2) is 5.96 Å². The normalized spacial score (nSPS) is 11.6. The maximum Gasteiger partial charge on any atom is 0.191 e. The highest BCUT2D eigenvalue weighted by atomic mass is 19.1. The standard InChI is InChI=1S/C16H25FN4/c1-5-9-19-16(18-6-2)20-11-13-7-8-15(17)14(10-13)12-21(3)4/h5,7-8,10H,1,6,9,11-12H2,2-4H3,(H2,18,19,20). The molecule has 0 heterocycles. The van der Waals surface area contributed by atoms with Crippen LogP contribution in [0.5, 0.6) is 0 Å². The molecule has 0 aliphatic rings. The van der Waals surface area contributed by atoms with Crippen LogP contribution in [0.15, 0.2) is 35.8 Å². The number of nitrogens with zero attached hydrogens (tertiary/aromatic N) is 2. The number of rotatable bonds is 7. The third-order valence-corrected chi connectivity index (χ3v) is 2.77. The molecular weight excluding hydrogens is 267 g/mol.